The molecule has 1 aliphatic rings. The van der Waals surface area contributed by atoms with Crippen LogP contribution in [-0.2, 0) is 21.2 Å². The van der Waals surface area contributed by atoms with Crippen molar-refractivity contribution in [3.63, 3.8) is 0 Å². The van der Waals surface area contributed by atoms with Gasteiger partial charge in [-0.15, -0.1) is 0 Å². The maximum Gasteiger partial charge on any atom is 0.270 e. The highest BCUT2D eigenvalue weighted by molar-refractivity contribution is 7.89. The largest absolute Gasteiger partial charge is 0.304 e. The predicted octanol–water partition coefficient (Wildman–Crippen LogP) is 5.12. The summed E-state index contributed by atoms with van der Waals surface area (Å²) in [6.07, 6.45) is 2.79. The molecular weight excluding hydrogens is 474 g/mol. The van der Waals surface area contributed by atoms with Crippen LogP contribution in [0.15, 0.2) is 65.1 Å². The molecule has 0 atom stereocenters. The van der Waals surface area contributed by atoms with Crippen molar-refractivity contribution in [1.29, 1.82) is 0 Å². The Bertz CT molecular complexity index is 1050. The second-order valence-corrected chi connectivity index (χ2v) is 9.72. The number of sulfonamides is 1. The standard InChI is InChI=1S/C24H31N3O4S.2C2H6/c1-3-26(4-2)16-13-19-5-7-20(8-6-19)21-9-11-23(12-10-21)32(30,31)27-17-14-22(15-18-27)24(28)25-29;2*1-2/h5-12,14,29H,3-4,13,15-18H2,1-2H3,(H,25,28);2*1-2H3. The Morgan fingerprint density at radius 3 is 1.92 bits per heavy atom. The lowest BCUT2D eigenvalue weighted by Crippen LogP contribution is -2.37. The van der Waals surface area contributed by atoms with Gasteiger partial charge in [-0.2, -0.15) is 4.31 Å². The van der Waals surface area contributed by atoms with E-state index in [-0.39, 0.29) is 24.4 Å². The number of nitrogens with one attached hydrogen (secondary N) is 1. The van der Waals surface area contributed by atoms with Crippen LogP contribution in [-0.4, -0.2) is 61.5 Å². The van der Waals surface area contributed by atoms with Crippen LogP contribution in [0, 0.1) is 0 Å². The first-order chi connectivity index (χ1) is 17.4. The van der Waals surface area contributed by atoms with Crippen LogP contribution >= 0.6 is 0 Å². The Labute approximate surface area is 217 Å². The molecule has 0 saturated heterocycles. The zero-order valence-electron chi connectivity index (χ0n) is 22.6. The Morgan fingerprint density at radius 1 is 0.944 bits per heavy atom. The number of nitrogens with zero attached hydrogens (tertiary/aromatic N) is 2. The topological polar surface area (TPSA) is 90.0 Å². The van der Waals surface area contributed by atoms with Gasteiger partial charge in [0.05, 0.1) is 4.90 Å². The number of likely N-dealkylation sites (N-methyl/N-ethyl adjacent to an activating group) is 1. The number of benzene rings is 2. The number of hydrogen-bond acceptors (Lipinski definition) is 5. The summed E-state index contributed by atoms with van der Waals surface area (Å²) in [7, 11) is -3.65. The van der Waals surface area contributed by atoms with Gasteiger partial charge in [0.25, 0.3) is 5.91 Å². The third-order valence-electron chi connectivity index (χ3n) is 5.96. The van der Waals surface area contributed by atoms with Crippen LogP contribution < -0.4 is 5.48 Å². The third-order valence-corrected chi connectivity index (χ3v) is 7.83. The number of rotatable bonds is 9. The second-order valence-electron chi connectivity index (χ2n) is 7.78. The van der Waals surface area contributed by atoms with Crippen LogP contribution in [0.1, 0.15) is 53.5 Å². The minimum Gasteiger partial charge on any atom is -0.304 e. The Hall–Kier alpha value is -2.52. The molecule has 0 radical (unpaired) electrons. The quantitative estimate of drug-likeness (QED) is 0.356. The van der Waals surface area contributed by atoms with Gasteiger partial charge in [0.15, 0.2) is 0 Å². The number of carbonyl (C=O) groups excluding carboxylic acids is 1. The van der Waals surface area contributed by atoms with Crippen molar-refractivity contribution < 1.29 is 18.4 Å². The van der Waals surface area contributed by atoms with Gasteiger partial charge >= 0.3 is 0 Å². The molecule has 7 nitrogen and oxygen atoms in total. The summed E-state index contributed by atoms with van der Waals surface area (Å²) < 4.78 is 27.2. The highest BCUT2D eigenvalue weighted by atomic mass is 32.2. The molecule has 200 valence electrons. The molecule has 1 amide bonds. The van der Waals surface area contributed by atoms with Crippen LogP contribution in [0.4, 0.5) is 0 Å². The van der Waals surface area contributed by atoms with E-state index in [0.717, 1.165) is 37.2 Å². The molecule has 0 spiro atoms. The predicted molar refractivity (Wildman–Crippen MR) is 147 cm³/mol. The van der Waals surface area contributed by atoms with Gasteiger partial charge < -0.3 is 4.90 Å². The van der Waals surface area contributed by atoms with E-state index in [1.165, 1.54) is 15.9 Å². The maximum atomic E-state index is 12.9. The summed E-state index contributed by atoms with van der Waals surface area (Å²) in [5.41, 5.74) is 5.25. The van der Waals surface area contributed by atoms with E-state index in [9.17, 15) is 13.2 Å². The summed E-state index contributed by atoms with van der Waals surface area (Å²) in [5.74, 6) is -0.592. The molecule has 0 fully saturated rings. The fourth-order valence-electron chi connectivity index (χ4n) is 3.81. The van der Waals surface area contributed by atoms with Crippen LogP contribution in [0.5, 0.6) is 0 Å². The van der Waals surface area contributed by atoms with Gasteiger partial charge in [-0.05, 0) is 54.8 Å². The Kier molecular flexibility index (Phi) is 14.2. The SMILES string of the molecule is CC.CC.CCN(CC)CCc1ccc(-c2ccc(S(=O)(=O)N3CC=C(C(=O)NO)CC3)cc2)cc1. The summed E-state index contributed by atoms with van der Waals surface area (Å²) in [4.78, 5) is 14.1. The summed E-state index contributed by atoms with van der Waals surface area (Å²) in [6, 6.07) is 15.3. The van der Waals surface area contributed by atoms with Gasteiger partial charge in [-0.25, -0.2) is 13.9 Å². The highest BCUT2D eigenvalue weighted by Gasteiger charge is 2.27. The Balaban J connectivity index is 0.00000154. The number of amides is 1. The van der Waals surface area contributed by atoms with E-state index in [1.807, 2.05) is 39.8 Å². The van der Waals surface area contributed by atoms with Crippen molar-refractivity contribution in [3.05, 3.63) is 65.7 Å². The van der Waals surface area contributed by atoms with E-state index in [4.69, 9.17) is 5.21 Å². The summed E-state index contributed by atoms with van der Waals surface area (Å²) >= 11 is 0. The van der Waals surface area contributed by atoms with E-state index >= 15 is 0 Å². The van der Waals surface area contributed by atoms with Gasteiger partial charge in [0.2, 0.25) is 10.0 Å². The Morgan fingerprint density at radius 2 is 1.47 bits per heavy atom. The van der Waals surface area contributed by atoms with Crippen molar-refractivity contribution in [3.8, 4) is 11.1 Å². The molecule has 0 bridgehead atoms. The van der Waals surface area contributed by atoms with Crippen LogP contribution in [0.2, 0.25) is 0 Å². The zero-order chi connectivity index (χ0) is 27.1. The second kappa shape index (κ2) is 16.3. The molecule has 1 heterocycles. The van der Waals surface area contributed by atoms with Crippen molar-refractivity contribution >= 4 is 15.9 Å². The van der Waals surface area contributed by atoms with Gasteiger partial charge in [-0.3, -0.25) is 10.0 Å². The summed E-state index contributed by atoms with van der Waals surface area (Å²) in [5, 5.41) is 8.72. The first-order valence-corrected chi connectivity index (χ1v) is 14.4. The molecule has 2 N–H and O–H groups in total. The van der Waals surface area contributed by atoms with E-state index < -0.39 is 15.9 Å². The zero-order valence-corrected chi connectivity index (χ0v) is 23.4. The monoisotopic (exact) mass is 517 g/mol. The van der Waals surface area contributed by atoms with Gasteiger partial charge in [-0.1, -0.05) is 84.0 Å². The third kappa shape index (κ3) is 8.55. The molecule has 2 aromatic rings. The molecule has 3 rings (SSSR count). The molecule has 8 heteroatoms. The first kappa shape index (κ1) is 31.5. The lowest BCUT2D eigenvalue weighted by molar-refractivity contribution is -0.125. The number of hydrogen-bond donors (Lipinski definition) is 2. The maximum absolute atomic E-state index is 12.9. The van der Waals surface area contributed by atoms with E-state index in [0.29, 0.717) is 5.57 Å². The van der Waals surface area contributed by atoms with Crippen molar-refractivity contribution in [2.24, 2.45) is 0 Å². The van der Waals surface area contributed by atoms with Crippen molar-refractivity contribution in [2.45, 2.75) is 59.3 Å². The molecule has 0 aliphatic carbocycles. The minimum absolute atomic E-state index is 0.0990. The molecule has 0 aromatic heterocycles. The average molecular weight is 518 g/mol. The minimum atomic E-state index is -3.65. The lowest BCUT2D eigenvalue weighted by atomic mass is 10.0. The smallest absolute Gasteiger partial charge is 0.270 e. The van der Waals surface area contributed by atoms with Crippen molar-refractivity contribution in [1.82, 2.24) is 14.7 Å². The van der Waals surface area contributed by atoms with Crippen LogP contribution in [0.25, 0.3) is 11.1 Å². The molecule has 36 heavy (non-hydrogen) atoms. The lowest BCUT2D eigenvalue weighted by Gasteiger charge is -2.25. The molecule has 2 aromatic carbocycles. The summed E-state index contributed by atoms with van der Waals surface area (Å²) in [6.45, 7) is 15.8. The highest BCUT2D eigenvalue weighted by Crippen LogP contribution is 2.25. The van der Waals surface area contributed by atoms with E-state index in [1.54, 1.807) is 17.6 Å². The fraction of sp³-hybridized carbons (Fsp3) is 0.464. The van der Waals surface area contributed by atoms with Crippen molar-refractivity contribution in [2.75, 3.05) is 32.7 Å². The van der Waals surface area contributed by atoms with Gasteiger partial charge in [0, 0.05) is 25.2 Å². The normalized spacial score (nSPS) is 13.6. The van der Waals surface area contributed by atoms with Gasteiger partial charge in [0.1, 0.15) is 0 Å². The molecular formula is C28H43N3O4S. The number of hydroxylamine groups is 1. The van der Waals surface area contributed by atoms with Crippen LogP contribution in [0.3, 0.4) is 0 Å². The molecule has 0 saturated carbocycles. The average Bonchev–Trinajstić information content (AvgIpc) is 2.95. The number of carbonyl (C=O) groups is 1. The first-order valence-electron chi connectivity index (χ1n) is 12.9. The molecule has 1 aliphatic heterocycles. The van der Waals surface area contributed by atoms with E-state index in [2.05, 4.69) is 43.0 Å². The fourth-order valence-corrected chi connectivity index (χ4v) is 5.19. The molecule has 0 unspecified atom stereocenters.